The Bertz CT molecular complexity index is 546. The monoisotopic (exact) mass is 348 g/mol. The molecule has 3 nitrogen and oxygen atoms in total. The van der Waals surface area contributed by atoms with E-state index in [4.69, 9.17) is 4.74 Å². The lowest BCUT2D eigenvalue weighted by atomic mass is 10.2. The van der Waals surface area contributed by atoms with Crippen LogP contribution in [-0.2, 0) is 13.0 Å². The summed E-state index contributed by atoms with van der Waals surface area (Å²) in [4.78, 5) is 4.29. The van der Waals surface area contributed by atoms with Crippen molar-refractivity contribution in [3.63, 3.8) is 0 Å². The molecule has 0 unspecified atom stereocenters. The van der Waals surface area contributed by atoms with Gasteiger partial charge in [0.05, 0.1) is 11.1 Å². The maximum atomic E-state index is 5.81. The molecule has 0 fully saturated rings. The van der Waals surface area contributed by atoms with Crippen LogP contribution in [-0.4, -0.2) is 18.1 Å². The number of ether oxygens (including phenoxy) is 1. The molecule has 21 heavy (non-hydrogen) atoms. The molecule has 0 bridgehead atoms. The molecule has 2 rings (SSSR count). The number of rotatable bonds is 8. The third-order valence-corrected chi connectivity index (χ3v) is 3.71. The standard InChI is InChI=1S/C17H21BrN2O/c1-2-9-19-13-14-6-7-17(16(18)12-14)21-11-8-15-5-3-4-10-20-15/h3-7,10,12,19H,2,8-9,11,13H2,1H3. The number of nitrogens with one attached hydrogen (secondary N) is 1. The Labute approximate surface area is 134 Å². The van der Waals surface area contributed by atoms with Crippen LogP contribution in [0.3, 0.4) is 0 Å². The molecule has 0 aliphatic carbocycles. The summed E-state index contributed by atoms with van der Waals surface area (Å²) in [5.74, 6) is 0.880. The first kappa shape index (κ1) is 16.0. The minimum absolute atomic E-state index is 0.628. The van der Waals surface area contributed by atoms with E-state index in [0.29, 0.717) is 6.61 Å². The Kier molecular flexibility index (Phi) is 6.70. The lowest BCUT2D eigenvalue weighted by molar-refractivity contribution is 0.318. The molecular weight excluding hydrogens is 328 g/mol. The highest BCUT2D eigenvalue weighted by atomic mass is 79.9. The first-order valence-corrected chi connectivity index (χ1v) is 8.10. The van der Waals surface area contributed by atoms with Crippen molar-refractivity contribution in [1.29, 1.82) is 0 Å². The van der Waals surface area contributed by atoms with E-state index in [0.717, 1.165) is 41.8 Å². The Hall–Kier alpha value is -1.39. The molecule has 0 saturated carbocycles. The van der Waals surface area contributed by atoms with Crippen molar-refractivity contribution in [2.45, 2.75) is 26.3 Å². The van der Waals surface area contributed by atoms with Crippen LogP contribution in [0.1, 0.15) is 24.6 Å². The SMILES string of the molecule is CCCNCc1ccc(OCCc2ccccn2)c(Br)c1. The lowest BCUT2D eigenvalue weighted by Gasteiger charge is -2.10. The summed E-state index contributed by atoms with van der Waals surface area (Å²) in [6.45, 7) is 4.73. The van der Waals surface area contributed by atoms with Crippen LogP contribution >= 0.6 is 15.9 Å². The fourth-order valence-electron chi connectivity index (χ4n) is 1.99. The summed E-state index contributed by atoms with van der Waals surface area (Å²) in [6.07, 6.45) is 3.77. The van der Waals surface area contributed by atoms with Gasteiger partial charge in [-0.3, -0.25) is 4.98 Å². The van der Waals surface area contributed by atoms with Crippen LogP contribution in [0.25, 0.3) is 0 Å². The van der Waals surface area contributed by atoms with Gasteiger partial charge >= 0.3 is 0 Å². The minimum Gasteiger partial charge on any atom is -0.492 e. The quantitative estimate of drug-likeness (QED) is 0.733. The zero-order chi connectivity index (χ0) is 14.9. The average molecular weight is 349 g/mol. The van der Waals surface area contributed by atoms with Gasteiger partial charge in [0, 0.05) is 24.9 Å². The van der Waals surface area contributed by atoms with Gasteiger partial charge in [0.2, 0.25) is 0 Å². The Morgan fingerprint density at radius 2 is 2.14 bits per heavy atom. The summed E-state index contributed by atoms with van der Waals surface area (Å²) in [5, 5.41) is 3.39. The van der Waals surface area contributed by atoms with Gasteiger partial charge in [-0.05, 0) is 58.7 Å². The van der Waals surface area contributed by atoms with Crippen molar-refractivity contribution in [3.05, 3.63) is 58.3 Å². The molecule has 0 aliphatic heterocycles. The van der Waals surface area contributed by atoms with Crippen LogP contribution in [0.2, 0.25) is 0 Å². The third-order valence-electron chi connectivity index (χ3n) is 3.09. The maximum absolute atomic E-state index is 5.81. The topological polar surface area (TPSA) is 34.1 Å². The normalized spacial score (nSPS) is 10.6. The zero-order valence-corrected chi connectivity index (χ0v) is 13.9. The number of hydrogen-bond acceptors (Lipinski definition) is 3. The molecule has 2 aromatic rings. The van der Waals surface area contributed by atoms with E-state index in [1.165, 1.54) is 5.56 Å². The minimum atomic E-state index is 0.628. The number of hydrogen-bond donors (Lipinski definition) is 1. The van der Waals surface area contributed by atoms with Crippen molar-refractivity contribution in [2.24, 2.45) is 0 Å². The van der Waals surface area contributed by atoms with Crippen LogP contribution in [0.4, 0.5) is 0 Å². The Morgan fingerprint density at radius 1 is 1.24 bits per heavy atom. The summed E-state index contributed by atoms with van der Waals surface area (Å²) in [5.41, 5.74) is 2.31. The van der Waals surface area contributed by atoms with Crippen LogP contribution < -0.4 is 10.1 Å². The number of nitrogens with zero attached hydrogens (tertiary/aromatic N) is 1. The Balaban J connectivity index is 1.83. The fourth-order valence-corrected chi connectivity index (χ4v) is 2.53. The van der Waals surface area contributed by atoms with E-state index in [9.17, 15) is 0 Å². The highest BCUT2D eigenvalue weighted by Crippen LogP contribution is 2.26. The summed E-state index contributed by atoms with van der Waals surface area (Å²) >= 11 is 3.57. The molecule has 0 saturated heterocycles. The van der Waals surface area contributed by atoms with Gasteiger partial charge in [-0.15, -0.1) is 0 Å². The summed E-state index contributed by atoms with van der Waals surface area (Å²) in [7, 11) is 0. The van der Waals surface area contributed by atoms with Gasteiger partial charge in [0.25, 0.3) is 0 Å². The van der Waals surface area contributed by atoms with Gasteiger partial charge in [0.15, 0.2) is 0 Å². The molecule has 1 aromatic heterocycles. The molecule has 0 amide bonds. The van der Waals surface area contributed by atoms with Gasteiger partial charge in [-0.2, -0.15) is 0 Å². The summed E-state index contributed by atoms with van der Waals surface area (Å²) in [6, 6.07) is 12.2. The second-order valence-corrected chi connectivity index (χ2v) is 5.72. The van der Waals surface area contributed by atoms with Crippen molar-refractivity contribution in [3.8, 4) is 5.75 Å². The van der Waals surface area contributed by atoms with E-state index in [-0.39, 0.29) is 0 Å². The molecule has 112 valence electrons. The van der Waals surface area contributed by atoms with Crippen molar-refractivity contribution >= 4 is 15.9 Å². The second-order valence-electron chi connectivity index (χ2n) is 4.86. The van der Waals surface area contributed by atoms with Crippen LogP contribution in [0.5, 0.6) is 5.75 Å². The van der Waals surface area contributed by atoms with E-state index in [1.54, 1.807) is 0 Å². The number of aromatic nitrogens is 1. The molecule has 0 aliphatic rings. The van der Waals surface area contributed by atoms with Crippen LogP contribution in [0.15, 0.2) is 47.1 Å². The number of halogens is 1. The van der Waals surface area contributed by atoms with Crippen LogP contribution in [0, 0.1) is 0 Å². The summed E-state index contributed by atoms with van der Waals surface area (Å²) < 4.78 is 6.81. The first-order chi connectivity index (χ1) is 10.3. The maximum Gasteiger partial charge on any atom is 0.133 e. The highest BCUT2D eigenvalue weighted by Gasteiger charge is 2.03. The molecule has 0 spiro atoms. The molecule has 1 N–H and O–H groups in total. The molecule has 4 heteroatoms. The Morgan fingerprint density at radius 3 is 2.86 bits per heavy atom. The molecule has 1 aromatic carbocycles. The largest absolute Gasteiger partial charge is 0.492 e. The fraction of sp³-hybridized carbons (Fsp3) is 0.353. The second kappa shape index (κ2) is 8.80. The number of benzene rings is 1. The van der Waals surface area contributed by atoms with E-state index >= 15 is 0 Å². The highest BCUT2D eigenvalue weighted by molar-refractivity contribution is 9.10. The average Bonchev–Trinajstić information content (AvgIpc) is 2.51. The van der Waals surface area contributed by atoms with Crippen molar-refractivity contribution in [1.82, 2.24) is 10.3 Å². The lowest BCUT2D eigenvalue weighted by Crippen LogP contribution is -2.13. The van der Waals surface area contributed by atoms with Gasteiger partial charge in [-0.25, -0.2) is 0 Å². The first-order valence-electron chi connectivity index (χ1n) is 7.31. The molecular formula is C17H21BrN2O. The molecule has 0 atom stereocenters. The van der Waals surface area contributed by atoms with Gasteiger partial charge < -0.3 is 10.1 Å². The van der Waals surface area contributed by atoms with E-state index in [2.05, 4.69) is 45.3 Å². The molecule has 1 heterocycles. The van der Waals surface area contributed by atoms with E-state index < -0.39 is 0 Å². The van der Waals surface area contributed by atoms with E-state index in [1.807, 2.05) is 30.5 Å². The predicted molar refractivity (Wildman–Crippen MR) is 89.6 cm³/mol. The van der Waals surface area contributed by atoms with Crippen molar-refractivity contribution < 1.29 is 4.74 Å². The predicted octanol–water partition coefficient (Wildman–Crippen LogP) is 3.97. The van der Waals surface area contributed by atoms with Crippen molar-refractivity contribution in [2.75, 3.05) is 13.2 Å². The van der Waals surface area contributed by atoms with Gasteiger partial charge in [-0.1, -0.05) is 19.1 Å². The molecule has 0 radical (unpaired) electrons. The zero-order valence-electron chi connectivity index (χ0n) is 12.3. The van der Waals surface area contributed by atoms with Gasteiger partial charge in [0.1, 0.15) is 5.75 Å². The number of pyridine rings is 1. The third kappa shape index (κ3) is 5.48. The smallest absolute Gasteiger partial charge is 0.133 e.